The van der Waals surface area contributed by atoms with Crippen LogP contribution in [-0.2, 0) is 4.79 Å². The van der Waals surface area contributed by atoms with Crippen molar-refractivity contribution in [3.05, 3.63) is 64.5 Å². The van der Waals surface area contributed by atoms with Crippen molar-refractivity contribution in [1.29, 1.82) is 0 Å². The minimum atomic E-state index is -1.06. The van der Waals surface area contributed by atoms with E-state index in [9.17, 15) is 14.7 Å². The van der Waals surface area contributed by atoms with Crippen LogP contribution in [0.5, 0.6) is 5.75 Å². The zero-order valence-electron chi connectivity index (χ0n) is 22.1. The van der Waals surface area contributed by atoms with Crippen LogP contribution in [0.4, 0.5) is 5.69 Å². The number of nitrogens with one attached hydrogen (secondary N) is 1. The van der Waals surface area contributed by atoms with Crippen molar-refractivity contribution in [2.75, 3.05) is 25.0 Å². The Bertz CT molecular complexity index is 1550. The summed E-state index contributed by atoms with van der Waals surface area (Å²) in [4.78, 5) is 27.7. The van der Waals surface area contributed by atoms with Crippen LogP contribution >= 0.6 is 0 Å². The number of ether oxygens (including phenoxy) is 1. The molecule has 1 heterocycles. The molecule has 0 amide bonds. The molecule has 2 aliphatic rings. The van der Waals surface area contributed by atoms with Crippen molar-refractivity contribution in [2.45, 2.75) is 40.5 Å². The molecule has 1 aliphatic heterocycles. The van der Waals surface area contributed by atoms with Crippen LogP contribution in [0.15, 0.2) is 51.9 Å². The third-order valence-corrected chi connectivity index (χ3v) is 6.43. The third kappa shape index (κ3) is 5.49. The molecule has 0 bridgehead atoms. The number of benzene rings is 3. The van der Waals surface area contributed by atoms with E-state index in [-0.39, 0.29) is 18.6 Å². The van der Waals surface area contributed by atoms with Gasteiger partial charge in [-0.25, -0.2) is 4.79 Å². The van der Waals surface area contributed by atoms with Gasteiger partial charge in [0, 0.05) is 53.8 Å². The Labute approximate surface area is 220 Å². The molecule has 0 atom stereocenters. The average molecular weight is 517 g/mol. The van der Waals surface area contributed by atoms with Crippen molar-refractivity contribution < 1.29 is 29.0 Å². The number of hydrogen-bond acceptors (Lipinski definition) is 6. The van der Waals surface area contributed by atoms with Gasteiger partial charge in [-0.1, -0.05) is 0 Å². The Kier molecular flexibility index (Phi) is 8.00. The first-order chi connectivity index (χ1) is 18.2. The lowest BCUT2D eigenvalue weighted by Crippen LogP contribution is -2.08. The normalized spacial score (nSPS) is 11.7. The van der Waals surface area contributed by atoms with Crippen LogP contribution in [0.25, 0.3) is 33.4 Å². The van der Waals surface area contributed by atoms with Gasteiger partial charge in [0.1, 0.15) is 17.1 Å². The maximum absolute atomic E-state index is 12.3. The average Bonchev–Trinajstić information content (AvgIpc) is 2.87. The summed E-state index contributed by atoms with van der Waals surface area (Å²) in [5.41, 5.74) is 5.62. The molecule has 0 saturated carbocycles. The molecule has 0 fully saturated rings. The molecule has 8 nitrogen and oxygen atoms in total. The summed E-state index contributed by atoms with van der Waals surface area (Å²) in [6.07, 6.45) is 0.343. The topological polar surface area (TPSA) is 121 Å². The van der Waals surface area contributed by atoms with E-state index in [1.165, 1.54) is 6.07 Å². The number of anilines is 1. The fourth-order valence-electron chi connectivity index (χ4n) is 4.66. The van der Waals surface area contributed by atoms with E-state index in [1.54, 1.807) is 12.1 Å². The molecule has 1 aliphatic carbocycles. The van der Waals surface area contributed by atoms with Crippen molar-refractivity contribution in [1.82, 2.24) is 0 Å². The van der Waals surface area contributed by atoms with Crippen molar-refractivity contribution in [3.8, 4) is 28.2 Å². The molecule has 0 aromatic heterocycles. The molecule has 2 aromatic rings. The van der Waals surface area contributed by atoms with Crippen LogP contribution in [0.3, 0.4) is 0 Å². The van der Waals surface area contributed by atoms with E-state index in [0.717, 1.165) is 38.7 Å². The molecule has 0 spiro atoms. The van der Waals surface area contributed by atoms with E-state index < -0.39 is 11.9 Å². The Morgan fingerprint density at radius 3 is 2.53 bits per heavy atom. The van der Waals surface area contributed by atoms with Gasteiger partial charge < -0.3 is 24.7 Å². The standard InChI is InChI=1S/C30H32N2O6/c1-5-31-24-15-26-19(12-17(24)3)13-23-27(38-26)16-25(32-6-2)18(4)29(23)22-14-20(9-10-21(22)30(35)36)37-11-7-8-28(33)34/h9-10,12-16,32H,5-8,11H2,1-4H3,(H,33,34)(H,35,36). The molecule has 38 heavy (non-hydrogen) atoms. The van der Waals surface area contributed by atoms with Crippen LogP contribution < -0.4 is 15.4 Å². The highest BCUT2D eigenvalue weighted by molar-refractivity contribution is 6.06. The van der Waals surface area contributed by atoms with Crippen molar-refractivity contribution in [3.63, 3.8) is 0 Å². The summed E-state index contributed by atoms with van der Waals surface area (Å²) in [6.45, 7) is 9.50. The Balaban J connectivity index is 1.98. The van der Waals surface area contributed by atoms with Crippen LogP contribution in [-0.4, -0.2) is 41.8 Å². The van der Waals surface area contributed by atoms with Gasteiger partial charge in [0.2, 0.25) is 0 Å². The predicted octanol–water partition coefficient (Wildman–Crippen LogP) is 6.12. The first-order valence-corrected chi connectivity index (χ1v) is 12.7. The number of hydrogen-bond donors (Lipinski definition) is 3. The summed E-state index contributed by atoms with van der Waals surface area (Å²) < 4.78 is 12.2. The van der Waals surface area contributed by atoms with Gasteiger partial charge in [0.25, 0.3) is 0 Å². The lowest BCUT2D eigenvalue weighted by atomic mass is 9.90. The van der Waals surface area contributed by atoms with Crippen molar-refractivity contribution in [2.24, 2.45) is 4.99 Å². The van der Waals surface area contributed by atoms with Gasteiger partial charge in [0.05, 0.1) is 17.5 Å². The minimum Gasteiger partial charge on any atom is -0.494 e. The first kappa shape index (κ1) is 26.7. The maximum atomic E-state index is 12.3. The lowest BCUT2D eigenvalue weighted by molar-refractivity contribution is -0.137. The fraction of sp³-hybridized carbons (Fsp3) is 0.300. The molecule has 0 saturated heterocycles. The molecule has 198 valence electrons. The summed E-state index contributed by atoms with van der Waals surface area (Å²) in [6, 6.07) is 12.8. The Morgan fingerprint density at radius 2 is 1.84 bits per heavy atom. The highest BCUT2D eigenvalue weighted by Gasteiger charge is 2.22. The van der Waals surface area contributed by atoms with Gasteiger partial charge in [-0.2, -0.15) is 0 Å². The van der Waals surface area contributed by atoms with Crippen molar-refractivity contribution >= 4 is 28.6 Å². The summed E-state index contributed by atoms with van der Waals surface area (Å²) in [5.74, 6) is -0.782. The van der Waals surface area contributed by atoms with Gasteiger partial charge in [0.15, 0.2) is 0 Å². The monoisotopic (exact) mass is 516 g/mol. The first-order valence-electron chi connectivity index (χ1n) is 12.7. The molecule has 2 aromatic carbocycles. The Hall–Kier alpha value is -4.33. The zero-order chi connectivity index (χ0) is 27.4. The molecule has 4 rings (SSSR count). The number of aliphatic carboxylic acids is 1. The summed E-state index contributed by atoms with van der Waals surface area (Å²) >= 11 is 0. The molecular formula is C30H32N2O6. The second-order valence-corrected chi connectivity index (χ2v) is 9.12. The Morgan fingerprint density at radius 1 is 1.05 bits per heavy atom. The highest BCUT2D eigenvalue weighted by Crippen LogP contribution is 2.42. The van der Waals surface area contributed by atoms with E-state index in [2.05, 4.69) is 10.3 Å². The summed E-state index contributed by atoms with van der Waals surface area (Å²) in [7, 11) is 0. The third-order valence-electron chi connectivity index (χ3n) is 6.43. The second kappa shape index (κ2) is 11.4. The lowest BCUT2D eigenvalue weighted by Gasteiger charge is -2.19. The maximum Gasteiger partial charge on any atom is 0.336 e. The molecular weight excluding hydrogens is 484 g/mol. The number of carbonyl (C=O) groups is 2. The van der Waals surface area contributed by atoms with Gasteiger partial charge >= 0.3 is 11.9 Å². The van der Waals surface area contributed by atoms with Crippen LogP contribution in [0, 0.1) is 13.8 Å². The molecule has 0 radical (unpaired) electrons. The van der Waals surface area contributed by atoms with Crippen LogP contribution in [0.1, 0.15) is 48.2 Å². The summed E-state index contributed by atoms with van der Waals surface area (Å²) in [5, 5.41) is 24.0. The second-order valence-electron chi connectivity index (χ2n) is 9.12. The largest absolute Gasteiger partial charge is 0.494 e. The van der Waals surface area contributed by atoms with E-state index in [1.807, 2.05) is 52.0 Å². The van der Waals surface area contributed by atoms with E-state index >= 15 is 0 Å². The molecule has 0 unspecified atom stereocenters. The number of nitrogens with zero attached hydrogens (tertiary/aromatic N) is 1. The number of aromatic carboxylic acids is 1. The number of fused-ring (bicyclic) bond motifs is 2. The van der Waals surface area contributed by atoms with E-state index in [4.69, 9.17) is 14.3 Å². The fourth-order valence-corrected chi connectivity index (χ4v) is 4.66. The molecule has 8 heteroatoms. The number of carboxylic acid groups (broad SMARTS) is 2. The van der Waals surface area contributed by atoms with E-state index in [0.29, 0.717) is 42.2 Å². The van der Waals surface area contributed by atoms with Gasteiger partial charge in [-0.3, -0.25) is 9.79 Å². The predicted molar refractivity (Wildman–Crippen MR) is 147 cm³/mol. The zero-order valence-corrected chi connectivity index (χ0v) is 22.1. The molecule has 3 N–H and O–H groups in total. The van der Waals surface area contributed by atoms with Gasteiger partial charge in [-0.15, -0.1) is 0 Å². The highest BCUT2D eigenvalue weighted by atomic mass is 16.5. The number of aryl methyl sites for hydroxylation is 1. The number of rotatable bonds is 10. The SMILES string of the molecule is CCN=c1cc2oc3cc(NCC)c(C)c(-c4cc(OCCCC(=O)O)ccc4C(=O)O)c3cc-2cc1C. The number of carboxylic acids is 2. The smallest absolute Gasteiger partial charge is 0.336 e. The van der Waals surface area contributed by atoms with Crippen LogP contribution in [0.2, 0.25) is 0 Å². The minimum absolute atomic E-state index is 0.00418. The van der Waals surface area contributed by atoms with Gasteiger partial charge in [-0.05, 0) is 81.1 Å². The quantitative estimate of drug-likeness (QED) is 0.172.